The zero-order valence-electron chi connectivity index (χ0n) is 14.5. The SMILES string of the molecule is CC(C)COCCC(=O)NCC1CN(C(=O)OC(C)(C)C)C1. The summed E-state index contributed by atoms with van der Waals surface area (Å²) in [5, 5.41) is 2.88. The second kappa shape index (κ2) is 8.36. The standard InChI is InChI=1S/C16H30N2O4/c1-12(2)11-21-7-6-14(19)17-8-13-9-18(10-13)15(20)22-16(3,4)5/h12-13H,6-11H2,1-5H3,(H,17,19). The average molecular weight is 314 g/mol. The van der Waals surface area contributed by atoms with Crippen molar-refractivity contribution < 1.29 is 19.1 Å². The van der Waals surface area contributed by atoms with Gasteiger partial charge in [-0.15, -0.1) is 0 Å². The van der Waals surface area contributed by atoms with Gasteiger partial charge >= 0.3 is 6.09 Å². The maximum Gasteiger partial charge on any atom is 0.410 e. The number of amides is 2. The first-order valence-electron chi connectivity index (χ1n) is 7.99. The van der Waals surface area contributed by atoms with E-state index in [1.54, 1.807) is 4.90 Å². The van der Waals surface area contributed by atoms with Gasteiger partial charge in [0, 0.05) is 38.6 Å². The minimum Gasteiger partial charge on any atom is -0.444 e. The van der Waals surface area contributed by atoms with Crippen molar-refractivity contribution in [1.29, 1.82) is 0 Å². The van der Waals surface area contributed by atoms with Crippen LogP contribution in [0, 0.1) is 11.8 Å². The van der Waals surface area contributed by atoms with Crippen LogP contribution in [0.3, 0.4) is 0 Å². The molecule has 1 aliphatic heterocycles. The summed E-state index contributed by atoms with van der Waals surface area (Å²) in [4.78, 5) is 25.1. The maximum absolute atomic E-state index is 11.8. The number of hydrogen-bond acceptors (Lipinski definition) is 4. The average Bonchev–Trinajstić information content (AvgIpc) is 2.30. The smallest absolute Gasteiger partial charge is 0.410 e. The van der Waals surface area contributed by atoms with Crippen molar-refractivity contribution in [2.75, 3.05) is 32.8 Å². The molecule has 1 fully saturated rings. The van der Waals surface area contributed by atoms with Crippen LogP contribution in [0.2, 0.25) is 0 Å². The molecule has 0 aromatic rings. The van der Waals surface area contributed by atoms with Gasteiger partial charge in [-0.05, 0) is 26.7 Å². The molecule has 1 rings (SSSR count). The highest BCUT2D eigenvalue weighted by Crippen LogP contribution is 2.18. The van der Waals surface area contributed by atoms with Crippen LogP contribution >= 0.6 is 0 Å². The van der Waals surface area contributed by atoms with Gasteiger partial charge in [-0.3, -0.25) is 4.79 Å². The zero-order valence-corrected chi connectivity index (χ0v) is 14.5. The van der Waals surface area contributed by atoms with E-state index in [4.69, 9.17) is 9.47 Å². The summed E-state index contributed by atoms with van der Waals surface area (Å²) in [7, 11) is 0. The highest BCUT2D eigenvalue weighted by Gasteiger charge is 2.33. The molecule has 0 bridgehead atoms. The maximum atomic E-state index is 11.8. The van der Waals surface area contributed by atoms with Crippen molar-refractivity contribution in [3.05, 3.63) is 0 Å². The van der Waals surface area contributed by atoms with E-state index in [2.05, 4.69) is 19.2 Å². The number of rotatable bonds is 7. The molecule has 1 N–H and O–H groups in total. The van der Waals surface area contributed by atoms with Crippen molar-refractivity contribution in [1.82, 2.24) is 10.2 Å². The van der Waals surface area contributed by atoms with Crippen LogP contribution in [0.1, 0.15) is 41.0 Å². The first-order chi connectivity index (χ1) is 10.2. The molecule has 0 aromatic heterocycles. The fraction of sp³-hybridized carbons (Fsp3) is 0.875. The van der Waals surface area contributed by atoms with Crippen molar-refractivity contribution >= 4 is 12.0 Å². The molecule has 22 heavy (non-hydrogen) atoms. The monoisotopic (exact) mass is 314 g/mol. The third-order valence-electron chi connectivity index (χ3n) is 3.12. The Morgan fingerprint density at radius 1 is 1.27 bits per heavy atom. The van der Waals surface area contributed by atoms with E-state index in [1.165, 1.54) is 0 Å². The Bertz CT molecular complexity index is 371. The molecule has 6 heteroatoms. The molecule has 0 unspecified atom stereocenters. The van der Waals surface area contributed by atoms with Gasteiger partial charge in [0.1, 0.15) is 5.60 Å². The number of ether oxygens (including phenoxy) is 2. The fourth-order valence-corrected chi connectivity index (χ4v) is 2.00. The molecule has 0 atom stereocenters. The van der Waals surface area contributed by atoms with Crippen molar-refractivity contribution in [3.8, 4) is 0 Å². The Labute approximate surface area is 133 Å². The van der Waals surface area contributed by atoms with Crippen molar-refractivity contribution in [3.63, 3.8) is 0 Å². The van der Waals surface area contributed by atoms with E-state index in [1.807, 2.05) is 20.8 Å². The number of nitrogens with zero attached hydrogens (tertiary/aromatic N) is 1. The second-order valence-corrected chi connectivity index (χ2v) is 7.27. The van der Waals surface area contributed by atoms with Gasteiger partial charge in [-0.1, -0.05) is 13.8 Å². The molecular formula is C16H30N2O4. The van der Waals surface area contributed by atoms with Gasteiger partial charge < -0.3 is 19.7 Å². The first kappa shape index (κ1) is 18.7. The lowest BCUT2D eigenvalue weighted by Gasteiger charge is -2.39. The van der Waals surface area contributed by atoms with E-state index in [0.717, 1.165) is 0 Å². The Hall–Kier alpha value is -1.30. The normalized spacial score (nSPS) is 15.6. The Kier molecular flexibility index (Phi) is 7.13. The number of likely N-dealkylation sites (tertiary alicyclic amines) is 1. The molecule has 1 aliphatic rings. The largest absolute Gasteiger partial charge is 0.444 e. The van der Waals surface area contributed by atoms with E-state index in [0.29, 0.717) is 51.1 Å². The number of carbonyl (C=O) groups excluding carboxylic acids is 2. The van der Waals surface area contributed by atoms with E-state index in [9.17, 15) is 9.59 Å². The predicted molar refractivity (Wildman–Crippen MR) is 84.6 cm³/mol. The Morgan fingerprint density at radius 3 is 2.45 bits per heavy atom. The van der Waals surface area contributed by atoms with Gasteiger partial charge in [-0.2, -0.15) is 0 Å². The quantitative estimate of drug-likeness (QED) is 0.730. The lowest BCUT2D eigenvalue weighted by atomic mass is 10.0. The molecule has 0 radical (unpaired) electrons. The van der Waals surface area contributed by atoms with Crippen LogP contribution in [-0.2, 0) is 14.3 Å². The minimum absolute atomic E-state index is 0.000487. The lowest BCUT2D eigenvalue weighted by molar-refractivity contribution is -0.122. The summed E-state index contributed by atoms with van der Waals surface area (Å²) in [6.45, 7) is 12.7. The molecule has 0 aliphatic carbocycles. The number of hydrogen-bond donors (Lipinski definition) is 1. The highest BCUT2D eigenvalue weighted by molar-refractivity contribution is 5.76. The topological polar surface area (TPSA) is 67.9 Å². The van der Waals surface area contributed by atoms with Gasteiger partial charge in [0.2, 0.25) is 5.91 Å². The summed E-state index contributed by atoms with van der Waals surface area (Å²) in [6.07, 6.45) is 0.104. The van der Waals surface area contributed by atoms with Gasteiger partial charge in [0.15, 0.2) is 0 Å². The van der Waals surface area contributed by atoms with Crippen molar-refractivity contribution in [2.24, 2.45) is 11.8 Å². The minimum atomic E-state index is -0.466. The fourth-order valence-electron chi connectivity index (χ4n) is 2.00. The first-order valence-corrected chi connectivity index (χ1v) is 7.99. The van der Waals surface area contributed by atoms with Crippen LogP contribution in [0.4, 0.5) is 4.79 Å². The van der Waals surface area contributed by atoms with Gasteiger partial charge in [-0.25, -0.2) is 4.79 Å². The Morgan fingerprint density at radius 2 is 1.91 bits per heavy atom. The van der Waals surface area contributed by atoms with Crippen LogP contribution < -0.4 is 5.32 Å². The third-order valence-corrected chi connectivity index (χ3v) is 3.12. The number of nitrogens with one attached hydrogen (secondary N) is 1. The predicted octanol–water partition coefficient (Wildman–Crippen LogP) is 2.03. The summed E-state index contributed by atoms with van der Waals surface area (Å²) < 4.78 is 10.7. The molecule has 6 nitrogen and oxygen atoms in total. The van der Waals surface area contributed by atoms with E-state index < -0.39 is 5.60 Å². The molecule has 1 heterocycles. The second-order valence-electron chi connectivity index (χ2n) is 7.27. The molecule has 0 aromatic carbocycles. The van der Waals surface area contributed by atoms with Gasteiger partial charge in [0.25, 0.3) is 0 Å². The summed E-state index contributed by atoms with van der Waals surface area (Å²) >= 11 is 0. The molecule has 0 saturated carbocycles. The molecule has 1 saturated heterocycles. The van der Waals surface area contributed by atoms with Crippen LogP contribution in [0.15, 0.2) is 0 Å². The molecule has 2 amide bonds. The lowest BCUT2D eigenvalue weighted by Crippen LogP contribution is -2.54. The highest BCUT2D eigenvalue weighted by atomic mass is 16.6. The zero-order chi connectivity index (χ0) is 16.8. The van der Waals surface area contributed by atoms with Crippen LogP contribution in [-0.4, -0.2) is 55.3 Å². The van der Waals surface area contributed by atoms with Gasteiger partial charge in [0.05, 0.1) is 6.61 Å². The molecule has 128 valence electrons. The van der Waals surface area contributed by atoms with Crippen LogP contribution in [0.25, 0.3) is 0 Å². The summed E-state index contributed by atoms with van der Waals surface area (Å²) in [6, 6.07) is 0. The summed E-state index contributed by atoms with van der Waals surface area (Å²) in [5.41, 5.74) is -0.466. The molecule has 0 spiro atoms. The summed E-state index contributed by atoms with van der Waals surface area (Å²) in [5.74, 6) is 0.796. The van der Waals surface area contributed by atoms with E-state index >= 15 is 0 Å². The van der Waals surface area contributed by atoms with Crippen LogP contribution in [0.5, 0.6) is 0 Å². The third kappa shape index (κ3) is 7.64. The van der Waals surface area contributed by atoms with E-state index in [-0.39, 0.29) is 12.0 Å². The number of carbonyl (C=O) groups is 2. The van der Waals surface area contributed by atoms with Crippen molar-refractivity contribution in [2.45, 2.75) is 46.6 Å². The Balaban J connectivity index is 2.06. The molecular weight excluding hydrogens is 284 g/mol.